The molecule has 0 aliphatic heterocycles. The first-order valence-corrected chi connectivity index (χ1v) is 4.63. The van der Waals surface area contributed by atoms with Gasteiger partial charge < -0.3 is 5.32 Å². The zero-order valence-electron chi connectivity index (χ0n) is 7.37. The van der Waals surface area contributed by atoms with E-state index in [1.165, 1.54) is 12.1 Å². The smallest absolute Gasteiger partial charge is 0.125 e. The van der Waals surface area contributed by atoms with E-state index in [2.05, 4.69) is 5.32 Å². The predicted molar refractivity (Wildman–Crippen MR) is 53.9 cm³/mol. The third-order valence-electron chi connectivity index (χ3n) is 1.92. The highest BCUT2D eigenvalue weighted by atomic mass is 35.5. The molecule has 0 aliphatic carbocycles. The molecule has 72 valence electrons. The molecule has 0 radical (unpaired) electrons. The van der Waals surface area contributed by atoms with Gasteiger partial charge in [0.2, 0.25) is 0 Å². The van der Waals surface area contributed by atoms with Crippen molar-refractivity contribution >= 4 is 23.2 Å². The fourth-order valence-electron chi connectivity index (χ4n) is 1.05. The SMILES string of the molecule is CN[C@H](C)c1cc(F)cc(Cl)c1Cl. The Balaban J connectivity index is 3.20. The molecule has 0 aromatic heterocycles. The van der Waals surface area contributed by atoms with E-state index in [1.54, 1.807) is 7.05 Å². The van der Waals surface area contributed by atoms with Gasteiger partial charge in [0.15, 0.2) is 0 Å². The summed E-state index contributed by atoms with van der Waals surface area (Å²) in [5, 5.41) is 3.62. The lowest BCUT2D eigenvalue weighted by atomic mass is 10.1. The Hall–Kier alpha value is -0.310. The molecule has 0 spiro atoms. The van der Waals surface area contributed by atoms with Crippen molar-refractivity contribution in [2.75, 3.05) is 7.05 Å². The first-order chi connectivity index (χ1) is 6.06. The zero-order valence-corrected chi connectivity index (χ0v) is 8.88. The van der Waals surface area contributed by atoms with Gasteiger partial charge in [-0.15, -0.1) is 0 Å². The molecule has 0 unspecified atom stereocenters. The lowest BCUT2D eigenvalue weighted by Gasteiger charge is -2.13. The van der Waals surface area contributed by atoms with Crippen molar-refractivity contribution in [2.45, 2.75) is 13.0 Å². The Bertz CT molecular complexity index is 315. The minimum Gasteiger partial charge on any atom is -0.313 e. The van der Waals surface area contributed by atoms with Crippen LogP contribution in [0.2, 0.25) is 10.0 Å². The molecule has 1 N–H and O–H groups in total. The summed E-state index contributed by atoms with van der Waals surface area (Å²) in [6.45, 7) is 1.89. The maximum Gasteiger partial charge on any atom is 0.125 e. The van der Waals surface area contributed by atoms with Crippen LogP contribution in [0, 0.1) is 5.82 Å². The lowest BCUT2D eigenvalue weighted by molar-refractivity contribution is 0.609. The van der Waals surface area contributed by atoms with Crippen molar-refractivity contribution in [2.24, 2.45) is 0 Å². The molecular weight excluding hydrogens is 212 g/mol. The summed E-state index contributed by atoms with van der Waals surface area (Å²) < 4.78 is 12.9. The third-order valence-corrected chi connectivity index (χ3v) is 2.74. The highest BCUT2D eigenvalue weighted by molar-refractivity contribution is 6.42. The molecule has 0 aliphatic rings. The molecule has 1 atom stereocenters. The Kier molecular flexibility index (Phi) is 3.54. The second-order valence-electron chi connectivity index (χ2n) is 2.80. The van der Waals surface area contributed by atoms with Crippen LogP contribution in [0.15, 0.2) is 12.1 Å². The largest absolute Gasteiger partial charge is 0.313 e. The summed E-state index contributed by atoms with van der Waals surface area (Å²) in [5.74, 6) is -0.369. The normalized spacial score (nSPS) is 13.0. The standard InChI is InChI=1S/C9H10Cl2FN/c1-5(13-2)7-3-6(12)4-8(10)9(7)11/h3-5,13H,1-2H3/t5-/m1/s1. The fraction of sp³-hybridized carbons (Fsp3) is 0.333. The van der Waals surface area contributed by atoms with E-state index in [1.807, 2.05) is 6.92 Å². The number of hydrogen-bond acceptors (Lipinski definition) is 1. The Morgan fingerprint density at radius 1 is 1.38 bits per heavy atom. The van der Waals surface area contributed by atoms with Gasteiger partial charge in [0.1, 0.15) is 5.82 Å². The van der Waals surface area contributed by atoms with Gasteiger partial charge in [-0.3, -0.25) is 0 Å². The van der Waals surface area contributed by atoms with Crippen LogP contribution in [-0.2, 0) is 0 Å². The number of hydrogen-bond donors (Lipinski definition) is 1. The van der Waals surface area contributed by atoms with Gasteiger partial charge in [-0.25, -0.2) is 4.39 Å². The molecule has 1 aromatic rings. The van der Waals surface area contributed by atoms with Crippen molar-refractivity contribution in [3.8, 4) is 0 Å². The summed E-state index contributed by atoms with van der Waals surface area (Å²) in [7, 11) is 1.78. The third kappa shape index (κ3) is 2.33. The topological polar surface area (TPSA) is 12.0 Å². The maximum absolute atomic E-state index is 12.9. The summed E-state index contributed by atoms with van der Waals surface area (Å²) in [6, 6.07) is 2.58. The maximum atomic E-state index is 12.9. The monoisotopic (exact) mass is 221 g/mol. The number of benzene rings is 1. The Labute approximate surface area is 86.8 Å². The van der Waals surface area contributed by atoms with Crippen LogP contribution in [0.4, 0.5) is 4.39 Å². The average Bonchev–Trinajstić information content (AvgIpc) is 2.10. The van der Waals surface area contributed by atoms with E-state index < -0.39 is 0 Å². The van der Waals surface area contributed by atoms with Crippen LogP contribution in [0.5, 0.6) is 0 Å². The van der Waals surface area contributed by atoms with Crippen molar-refractivity contribution in [3.63, 3.8) is 0 Å². The predicted octanol–water partition coefficient (Wildman–Crippen LogP) is 3.41. The lowest BCUT2D eigenvalue weighted by Crippen LogP contribution is -2.13. The highest BCUT2D eigenvalue weighted by Gasteiger charge is 2.12. The molecule has 0 bridgehead atoms. The highest BCUT2D eigenvalue weighted by Crippen LogP contribution is 2.30. The number of rotatable bonds is 2. The summed E-state index contributed by atoms with van der Waals surface area (Å²) in [4.78, 5) is 0. The molecule has 0 amide bonds. The van der Waals surface area contributed by atoms with Crippen molar-refractivity contribution in [1.82, 2.24) is 5.32 Å². The summed E-state index contributed by atoms with van der Waals surface area (Å²) >= 11 is 11.6. The van der Waals surface area contributed by atoms with E-state index in [0.717, 1.165) is 0 Å². The second-order valence-corrected chi connectivity index (χ2v) is 3.59. The van der Waals surface area contributed by atoms with Crippen LogP contribution in [-0.4, -0.2) is 7.05 Å². The van der Waals surface area contributed by atoms with Crippen molar-refractivity contribution < 1.29 is 4.39 Å². The second kappa shape index (κ2) is 4.27. The van der Waals surface area contributed by atoms with Gasteiger partial charge in [0.25, 0.3) is 0 Å². The minimum atomic E-state index is -0.369. The quantitative estimate of drug-likeness (QED) is 0.756. The van der Waals surface area contributed by atoms with E-state index in [4.69, 9.17) is 23.2 Å². The molecule has 1 rings (SSSR count). The molecule has 0 heterocycles. The Morgan fingerprint density at radius 2 is 2.00 bits per heavy atom. The average molecular weight is 222 g/mol. The summed E-state index contributed by atoms with van der Waals surface area (Å²) in [6.07, 6.45) is 0. The number of nitrogens with one attached hydrogen (secondary N) is 1. The van der Waals surface area contributed by atoms with Gasteiger partial charge in [-0.2, -0.15) is 0 Å². The van der Waals surface area contributed by atoms with E-state index >= 15 is 0 Å². The van der Waals surface area contributed by atoms with Crippen molar-refractivity contribution in [3.05, 3.63) is 33.6 Å². The van der Waals surface area contributed by atoms with Crippen LogP contribution in [0.1, 0.15) is 18.5 Å². The van der Waals surface area contributed by atoms with E-state index in [-0.39, 0.29) is 16.9 Å². The molecule has 1 nitrogen and oxygen atoms in total. The van der Waals surface area contributed by atoms with Crippen LogP contribution < -0.4 is 5.32 Å². The van der Waals surface area contributed by atoms with Gasteiger partial charge in [-0.1, -0.05) is 23.2 Å². The van der Waals surface area contributed by atoms with Crippen LogP contribution >= 0.6 is 23.2 Å². The minimum absolute atomic E-state index is 0.0132. The Morgan fingerprint density at radius 3 is 2.54 bits per heavy atom. The molecule has 4 heteroatoms. The van der Waals surface area contributed by atoms with Crippen molar-refractivity contribution in [1.29, 1.82) is 0 Å². The molecule has 1 aromatic carbocycles. The fourth-order valence-corrected chi connectivity index (χ4v) is 1.53. The van der Waals surface area contributed by atoms with Gasteiger partial charge in [0, 0.05) is 6.04 Å². The first-order valence-electron chi connectivity index (χ1n) is 3.88. The molecular formula is C9H10Cl2FN. The molecule has 0 fully saturated rings. The van der Waals surface area contributed by atoms with Gasteiger partial charge in [-0.05, 0) is 31.7 Å². The van der Waals surface area contributed by atoms with Crippen LogP contribution in [0.25, 0.3) is 0 Å². The van der Waals surface area contributed by atoms with E-state index in [0.29, 0.717) is 10.6 Å². The molecule has 0 saturated heterocycles. The van der Waals surface area contributed by atoms with Gasteiger partial charge in [0.05, 0.1) is 10.0 Å². The van der Waals surface area contributed by atoms with Crippen LogP contribution in [0.3, 0.4) is 0 Å². The molecule has 0 saturated carbocycles. The number of halogens is 3. The van der Waals surface area contributed by atoms with Gasteiger partial charge >= 0.3 is 0 Å². The zero-order chi connectivity index (χ0) is 10.0. The summed E-state index contributed by atoms with van der Waals surface area (Å²) in [5.41, 5.74) is 0.675. The van der Waals surface area contributed by atoms with E-state index in [9.17, 15) is 4.39 Å². The molecule has 13 heavy (non-hydrogen) atoms. The first kappa shape index (κ1) is 10.8.